The first-order valence-corrected chi connectivity index (χ1v) is 13.1. The lowest BCUT2D eigenvalue weighted by molar-refractivity contribution is 0.248. The molecule has 4 aromatic rings. The third kappa shape index (κ3) is 5.22. The van der Waals surface area contributed by atoms with Gasteiger partial charge in [-0.3, -0.25) is 0 Å². The highest BCUT2D eigenvalue weighted by molar-refractivity contribution is 7.99. The highest BCUT2D eigenvalue weighted by atomic mass is 35.5. The molecule has 1 unspecified atom stereocenters. The number of carbonyl (C=O) groups excluding carboxylic acids is 1. The Morgan fingerprint density at radius 2 is 2.11 bits per heavy atom. The summed E-state index contributed by atoms with van der Waals surface area (Å²) < 4.78 is 14.5. The average Bonchev–Trinajstić information content (AvgIpc) is 3.34. The van der Waals surface area contributed by atoms with Crippen LogP contribution in [0.25, 0.3) is 10.9 Å². The van der Waals surface area contributed by atoms with Crippen LogP contribution in [0.3, 0.4) is 0 Å². The number of benzene rings is 3. The van der Waals surface area contributed by atoms with Crippen molar-refractivity contribution >= 4 is 51.7 Å². The Morgan fingerprint density at radius 3 is 2.94 bits per heavy atom. The summed E-state index contributed by atoms with van der Waals surface area (Å²) in [7, 11) is 0. The molecular weight excluding hydrogens is 495 g/mol. The topological polar surface area (TPSA) is 60.2 Å². The van der Waals surface area contributed by atoms with Crippen LogP contribution in [-0.4, -0.2) is 23.3 Å². The lowest BCUT2D eigenvalue weighted by atomic mass is 10.0. The molecule has 0 saturated heterocycles. The number of hydrogen-bond donors (Lipinski definition) is 3. The van der Waals surface area contributed by atoms with Crippen LogP contribution in [-0.2, 0) is 6.54 Å². The molecule has 2 heterocycles. The van der Waals surface area contributed by atoms with Crippen LogP contribution in [0.4, 0.5) is 20.6 Å². The summed E-state index contributed by atoms with van der Waals surface area (Å²) in [5, 5.41) is 7.50. The van der Waals surface area contributed by atoms with Crippen molar-refractivity contribution in [2.75, 3.05) is 22.5 Å². The molecule has 0 saturated carbocycles. The van der Waals surface area contributed by atoms with E-state index in [1.165, 1.54) is 6.07 Å². The summed E-state index contributed by atoms with van der Waals surface area (Å²) in [5.41, 5.74) is 4.11. The molecule has 1 aromatic heterocycles. The highest BCUT2D eigenvalue weighted by Crippen LogP contribution is 2.38. The fraction of sp³-hybridized carbons (Fsp3) is 0.179. The number of aromatic nitrogens is 1. The van der Waals surface area contributed by atoms with Gasteiger partial charge in [-0.15, -0.1) is 18.3 Å². The predicted molar refractivity (Wildman–Crippen MR) is 148 cm³/mol. The van der Waals surface area contributed by atoms with Gasteiger partial charge in [-0.25, -0.2) is 9.18 Å². The number of halogens is 2. The van der Waals surface area contributed by atoms with Crippen LogP contribution in [0, 0.1) is 5.82 Å². The van der Waals surface area contributed by atoms with Crippen molar-refractivity contribution in [1.82, 2.24) is 10.3 Å². The minimum absolute atomic E-state index is 0.271. The van der Waals surface area contributed by atoms with Crippen molar-refractivity contribution in [1.29, 1.82) is 0 Å². The van der Waals surface area contributed by atoms with E-state index in [1.54, 1.807) is 30.0 Å². The standard InChI is InChI=1S/C28H26ClFN4OS/c1-2-4-24(33-28(35)32-20-9-7-18-11-12-31-25(18)16-20)19-8-10-27-26(15-19)34(13-14-36-27)17-21-22(29)5-3-6-23(21)30/h2-3,5-12,15-16,24,31H,1,4,13-14,17H2,(H2,32,33,35). The maximum atomic E-state index is 14.5. The summed E-state index contributed by atoms with van der Waals surface area (Å²) in [4.78, 5) is 19.3. The molecule has 184 valence electrons. The monoisotopic (exact) mass is 520 g/mol. The summed E-state index contributed by atoms with van der Waals surface area (Å²) in [6, 6.07) is 18.1. The Bertz CT molecular complexity index is 1400. The normalized spacial score (nSPS) is 13.8. The van der Waals surface area contributed by atoms with E-state index in [-0.39, 0.29) is 17.9 Å². The molecule has 5 nitrogen and oxygen atoms in total. The molecule has 1 atom stereocenters. The molecule has 1 aliphatic heterocycles. The first kappa shape index (κ1) is 24.3. The number of aromatic amines is 1. The number of anilines is 2. The smallest absolute Gasteiger partial charge is 0.319 e. The second-order valence-corrected chi connectivity index (χ2v) is 10.2. The molecule has 2 amide bonds. The average molecular weight is 521 g/mol. The molecule has 0 radical (unpaired) electrons. The third-order valence-electron chi connectivity index (χ3n) is 6.28. The minimum atomic E-state index is -0.307. The van der Waals surface area contributed by atoms with Gasteiger partial charge in [0.05, 0.1) is 11.7 Å². The number of urea groups is 1. The van der Waals surface area contributed by atoms with E-state index >= 15 is 0 Å². The number of thioether (sulfide) groups is 1. The van der Waals surface area contributed by atoms with Crippen molar-refractivity contribution in [3.63, 3.8) is 0 Å². The first-order valence-electron chi connectivity index (χ1n) is 11.7. The molecule has 0 bridgehead atoms. The van der Waals surface area contributed by atoms with Gasteiger partial charge in [-0.1, -0.05) is 35.9 Å². The van der Waals surface area contributed by atoms with Crippen LogP contribution < -0.4 is 15.5 Å². The van der Waals surface area contributed by atoms with Gasteiger partial charge in [0.1, 0.15) is 5.82 Å². The second-order valence-electron chi connectivity index (χ2n) is 8.65. The summed E-state index contributed by atoms with van der Waals surface area (Å²) in [6.07, 6.45) is 4.22. The van der Waals surface area contributed by atoms with Crippen LogP contribution in [0.2, 0.25) is 5.02 Å². The van der Waals surface area contributed by atoms with E-state index in [0.29, 0.717) is 29.2 Å². The predicted octanol–water partition coefficient (Wildman–Crippen LogP) is 7.51. The van der Waals surface area contributed by atoms with Gasteiger partial charge in [0.15, 0.2) is 0 Å². The van der Waals surface area contributed by atoms with E-state index in [1.807, 2.05) is 36.5 Å². The van der Waals surface area contributed by atoms with Gasteiger partial charge < -0.3 is 20.5 Å². The van der Waals surface area contributed by atoms with Gasteiger partial charge in [0.25, 0.3) is 0 Å². The summed E-state index contributed by atoms with van der Waals surface area (Å²) in [5.74, 6) is 0.596. The van der Waals surface area contributed by atoms with Gasteiger partial charge in [-0.2, -0.15) is 0 Å². The molecule has 3 aromatic carbocycles. The number of nitrogens with zero attached hydrogens (tertiary/aromatic N) is 1. The van der Waals surface area contributed by atoms with Crippen molar-refractivity contribution in [3.8, 4) is 0 Å². The van der Waals surface area contributed by atoms with Gasteiger partial charge >= 0.3 is 6.03 Å². The fourth-order valence-electron chi connectivity index (χ4n) is 4.44. The molecule has 1 aliphatic rings. The lowest BCUT2D eigenvalue weighted by Gasteiger charge is -2.32. The number of H-pyrrole nitrogens is 1. The van der Waals surface area contributed by atoms with Crippen LogP contribution in [0.15, 0.2) is 84.4 Å². The Hall–Kier alpha value is -3.42. The number of rotatable bonds is 7. The van der Waals surface area contributed by atoms with Gasteiger partial charge in [0.2, 0.25) is 0 Å². The number of fused-ring (bicyclic) bond motifs is 2. The van der Waals surface area contributed by atoms with E-state index < -0.39 is 0 Å². The van der Waals surface area contributed by atoms with E-state index in [4.69, 9.17) is 11.6 Å². The van der Waals surface area contributed by atoms with Crippen molar-refractivity contribution in [2.24, 2.45) is 0 Å². The molecule has 3 N–H and O–H groups in total. The molecule has 5 rings (SSSR count). The summed E-state index contributed by atoms with van der Waals surface area (Å²) >= 11 is 8.08. The largest absolute Gasteiger partial charge is 0.365 e. The Balaban J connectivity index is 1.36. The molecule has 0 aliphatic carbocycles. The maximum Gasteiger partial charge on any atom is 0.319 e. The zero-order valence-electron chi connectivity index (χ0n) is 19.6. The minimum Gasteiger partial charge on any atom is -0.365 e. The Kier molecular flexibility index (Phi) is 7.20. The van der Waals surface area contributed by atoms with Crippen molar-refractivity contribution < 1.29 is 9.18 Å². The molecule has 0 fully saturated rings. The van der Waals surface area contributed by atoms with E-state index in [2.05, 4.69) is 39.2 Å². The zero-order valence-corrected chi connectivity index (χ0v) is 21.1. The van der Waals surface area contributed by atoms with Crippen molar-refractivity contribution in [2.45, 2.75) is 23.9 Å². The number of carbonyl (C=O) groups is 1. The second kappa shape index (κ2) is 10.7. The van der Waals surface area contributed by atoms with Crippen molar-refractivity contribution in [3.05, 3.63) is 101 Å². The van der Waals surface area contributed by atoms with Crippen LogP contribution in [0.5, 0.6) is 0 Å². The number of amides is 2. The lowest BCUT2D eigenvalue weighted by Crippen LogP contribution is -2.33. The Labute approximate surface area is 218 Å². The first-order chi connectivity index (χ1) is 17.5. The fourth-order valence-corrected chi connectivity index (χ4v) is 5.70. The number of hydrogen-bond acceptors (Lipinski definition) is 3. The van der Waals surface area contributed by atoms with Gasteiger partial charge in [0, 0.05) is 51.7 Å². The number of nitrogens with one attached hydrogen (secondary N) is 3. The summed E-state index contributed by atoms with van der Waals surface area (Å²) in [6.45, 7) is 5.03. The molecule has 36 heavy (non-hydrogen) atoms. The maximum absolute atomic E-state index is 14.5. The van der Waals surface area contributed by atoms with E-state index in [9.17, 15) is 9.18 Å². The molecular formula is C28H26ClFN4OS. The third-order valence-corrected chi connectivity index (χ3v) is 7.67. The van der Waals surface area contributed by atoms with Crippen LogP contribution >= 0.6 is 23.4 Å². The highest BCUT2D eigenvalue weighted by Gasteiger charge is 2.23. The molecule has 0 spiro atoms. The van der Waals surface area contributed by atoms with E-state index in [0.717, 1.165) is 39.3 Å². The Morgan fingerprint density at radius 1 is 1.22 bits per heavy atom. The van der Waals surface area contributed by atoms with Crippen LogP contribution in [0.1, 0.15) is 23.6 Å². The zero-order chi connectivity index (χ0) is 25.1. The molecule has 8 heteroatoms. The van der Waals surface area contributed by atoms with Gasteiger partial charge in [-0.05, 0) is 59.8 Å². The SMILES string of the molecule is C=CCC(NC(=O)Nc1ccc2cc[nH]c2c1)c1ccc2c(c1)N(Cc1c(F)cccc1Cl)CCS2. The quantitative estimate of drug-likeness (QED) is 0.221.